The van der Waals surface area contributed by atoms with Crippen LogP contribution in [0.5, 0.6) is 5.75 Å². The van der Waals surface area contributed by atoms with Crippen molar-refractivity contribution in [2.24, 2.45) is 0 Å². The van der Waals surface area contributed by atoms with Gasteiger partial charge in [0.2, 0.25) is 0 Å². The first-order chi connectivity index (χ1) is 17.6. The first kappa shape index (κ1) is 26.9. The highest BCUT2D eigenvalue weighted by Gasteiger charge is 2.35. The molecule has 0 heterocycles. The van der Waals surface area contributed by atoms with Crippen molar-refractivity contribution in [2.75, 3.05) is 33.5 Å². The number of carboxylic acids is 1. The molecule has 3 aromatic rings. The molecule has 0 saturated heterocycles. The zero-order valence-electron chi connectivity index (χ0n) is 20.5. The van der Waals surface area contributed by atoms with Crippen molar-refractivity contribution < 1.29 is 28.9 Å². The number of hydrogen-bond donors (Lipinski definition) is 2. The van der Waals surface area contributed by atoms with Crippen LogP contribution < -0.4 is 10.1 Å². The van der Waals surface area contributed by atoms with Crippen molar-refractivity contribution >= 4 is 11.9 Å². The molecule has 190 valence electrons. The molecule has 0 unspecified atom stereocenters. The molecule has 3 rings (SSSR count). The van der Waals surface area contributed by atoms with Crippen molar-refractivity contribution in [2.45, 2.75) is 24.8 Å². The molecule has 0 aliphatic rings. The third-order valence-electron chi connectivity index (χ3n) is 5.86. The number of carbonyl (C=O) groups is 2. The predicted octanol–water partition coefficient (Wildman–Crippen LogP) is 4.39. The van der Waals surface area contributed by atoms with Gasteiger partial charge in [-0.25, -0.2) is 9.59 Å². The maximum absolute atomic E-state index is 11.6. The molecule has 0 bridgehead atoms. The summed E-state index contributed by atoms with van der Waals surface area (Å²) in [4.78, 5) is 22.0. The van der Waals surface area contributed by atoms with Crippen LogP contribution >= 0.6 is 0 Å². The van der Waals surface area contributed by atoms with Crippen molar-refractivity contribution in [3.63, 3.8) is 0 Å². The Morgan fingerprint density at radius 2 is 1.36 bits per heavy atom. The third-order valence-corrected chi connectivity index (χ3v) is 5.86. The van der Waals surface area contributed by atoms with Crippen LogP contribution in [-0.2, 0) is 24.6 Å². The summed E-state index contributed by atoms with van der Waals surface area (Å²) in [6, 6.07) is 28.9. The van der Waals surface area contributed by atoms with Crippen molar-refractivity contribution in [1.29, 1.82) is 0 Å². The molecule has 7 nitrogen and oxygen atoms in total. The van der Waals surface area contributed by atoms with Crippen molar-refractivity contribution in [3.8, 4) is 5.75 Å². The summed E-state index contributed by atoms with van der Waals surface area (Å²) in [5, 5.41) is 12.4. The maximum atomic E-state index is 11.6. The minimum absolute atomic E-state index is 0.274. The zero-order chi connectivity index (χ0) is 25.6. The predicted molar refractivity (Wildman–Crippen MR) is 137 cm³/mol. The smallest absolute Gasteiger partial charge is 0.332 e. The number of benzene rings is 3. The first-order valence-electron chi connectivity index (χ1n) is 12.0. The number of ether oxygens (including phenoxy) is 3. The molecule has 3 aromatic carbocycles. The quantitative estimate of drug-likeness (QED) is 0.185. The number of carboxylic acid groups (broad SMARTS) is 1. The van der Waals surface area contributed by atoms with Crippen LogP contribution in [0.4, 0.5) is 0 Å². The van der Waals surface area contributed by atoms with Gasteiger partial charge < -0.3 is 19.3 Å². The molecule has 0 fully saturated rings. The highest BCUT2D eigenvalue weighted by molar-refractivity contribution is 5.72. The van der Waals surface area contributed by atoms with Gasteiger partial charge in [0.15, 0.2) is 0 Å². The number of aliphatic carboxylic acids is 1. The van der Waals surface area contributed by atoms with Crippen LogP contribution in [0.2, 0.25) is 0 Å². The second-order valence-electron chi connectivity index (χ2n) is 8.30. The molecule has 0 amide bonds. The van der Waals surface area contributed by atoms with Crippen LogP contribution in [0.25, 0.3) is 0 Å². The lowest BCUT2D eigenvalue weighted by atomic mass is 9.77. The molecule has 0 spiro atoms. The van der Waals surface area contributed by atoms with Gasteiger partial charge in [-0.1, -0.05) is 72.8 Å². The van der Waals surface area contributed by atoms with Gasteiger partial charge in [-0.05, 0) is 54.6 Å². The molecular formula is C29H33NO6. The highest BCUT2D eigenvalue weighted by Crippen LogP contribution is 2.37. The number of rotatable bonds is 15. The van der Waals surface area contributed by atoms with E-state index < -0.39 is 24.1 Å². The SMILES string of the molecule is COc1ccc(C(NCCCCCOC(=O)COCC(=O)O)(c2ccccc2)c2ccccc2)cc1. The van der Waals surface area contributed by atoms with Crippen LogP contribution in [-0.4, -0.2) is 50.5 Å². The fourth-order valence-electron chi connectivity index (χ4n) is 4.15. The normalized spacial score (nSPS) is 11.1. The van der Waals surface area contributed by atoms with Gasteiger partial charge in [0.1, 0.15) is 19.0 Å². The molecule has 0 saturated carbocycles. The summed E-state index contributed by atoms with van der Waals surface area (Å²) < 4.78 is 15.2. The number of hydrogen-bond acceptors (Lipinski definition) is 6. The van der Waals surface area contributed by atoms with Crippen molar-refractivity contribution in [3.05, 3.63) is 102 Å². The van der Waals surface area contributed by atoms with E-state index in [1.165, 1.54) is 0 Å². The van der Waals surface area contributed by atoms with Crippen LogP contribution in [0.15, 0.2) is 84.9 Å². The maximum Gasteiger partial charge on any atom is 0.332 e. The fourth-order valence-corrected chi connectivity index (χ4v) is 4.15. The third kappa shape index (κ3) is 7.41. The molecule has 36 heavy (non-hydrogen) atoms. The van der Waals surface area contributed by atoms with E-state index >= 15 is 0 Å². The largest absolute Gasteiger partial charge is 0.497 e. The Balaban J connectivity index is 1.67. The number of methoxy groups -OCH3 is 1. The van der Waals surface area contributed by atoms with E-state index in [0.717, 1.165) is 41.8 Å². The number of carbonyl (C=O) groups excluding carboxylic acids is 1. The topological polar surface area (TPSA) is 94.1 Å². The van der Waals surface area contributed by atoms with Gasteiger partial charge in [0, 0.05) is 0 Å². The minimum Gasteiger partial charge on any atom is -0.497 e. The lowest BCUT2D eigenvalue weighted by Gasteiger charge is -2.37. The Morgan fingerprint density at radius 1 is 0.778 bits per heavy atom. The highest BCUT2D eigenvalue weighted by atomic mass is 16.6. The summed E-state index contributed by atoms with van der Waals surface area (Å²) in [5.74, 6) is -0.871. The molecule has 0 aliphatic carbocycles. The number of nitrogens with one attached hydrogen (secondary N) is 1. The standard InChI is InChI=1S/C29H33NO6/c1-34-26-17-15-25(16-18-26)29(23-11-5-2-6-12-23,24-13-7-3-8-14-24)30-19-9-4-10-20-36-28(33)22-35-21-27(31)32/h2-3,5-8,11-18,30H,4,9-10,19-22H2,1H3,(H,31,32). The summed E-state index contributed by atoms with van der Waals surface area (Å²) in [5.41, 5.74) is 2.83. The Kier molecular flexibility index (Phi) is 10.5. The summed E-state index contributed by atoms with van der Waals surface area (Å²) >= 11 is 0. The average molecular weight is 492 g/mol. The molecule has 0 radical (unpaired) electrons. The lowest BCUT2D eigenvalue weighted by molar-refractivity contribution is -0.152. The van der Waals surface area contributed by atoms with Gasteiger partial charge in [-0.2, -0.15) is 0 Å². The Labute approximate surface area is 212 Å². The average Bonchev–Trinajstić information content (AvgIpc) is 2.91. The van der Waals surface area contributed by atoms with E-state index in [-0.39, 0.29) is 13.2 Å². The van der Waals surface area contributed by atoms with E-state index in [9.17, 15) is 9.59 Å². The Morgan fingerprint density at radius 3 is 1.92 bits per heavy atom. The second-order valence-corrected chi connectivity index (χ2v) is 8.30. The second kappa shape index (κ2) is 14.0. The molecule has 0 aliphatic heterocycles. The van der Waals surface area contributed by atoms with Gasteiger partial charge in [0.25, 0.3) is 0 Å². The zero-order valence-corrected chi connectivity index (χ0v) is 20.5. The van der Waals surface area contributed by atoms with Crippen LogP contribution in [0.3, 0.4) is 0 Å². The fraction of sp³-hybridized carbons (Fsp3) is 0.310. The Hall–Kier alpha value is -3.68. The molecule has 0 aromatic heterocycles. The van der Waals surface area contributed by atoms with Gasteiger partial charge >= 0.3 is 11.9 Å². The lowest BCUT2D eigenvalue weighted by Crippen LogP contribution is -2.45. The van der Waals surface area contributed by atoms with E-state index in [0.29, 0.717) is 6.42 Å². The summed E-state index contributed by atoms with van der Waals surface area (Å²) in [6.07, 6.45) is 2.45. The number of unbranched alkanes of at least 4 members (excludes halogenated alkanes) is 2. The molecular weight excluding hydrogens is 458 g/mol. The van der Waals surface area contributed by atoms with Crippen LogP contribution in [0, 0.1) is 0 Å². The minimum atomic E-state index is -1.12. The monoisotopic (exact) mass is 491 g/mol. The summed E-state index contributed by atoms with van der Waals surface area (Å²) in [6.45, 7) is 0.147. The molecule has 0 atom stereocenters. The van der Waals surface area contributed by atoms with Crippen molar-refractivity contribution in [1.82, 2.24) is 5.32 Å². The van der Waals surface area contributed by atoms with Gasteiger partial charge in [0.05, 0.1) is 19.3 Å². The van der Waals surface area contributed by atoms with E-state index in [1.54, 1.807) is 7.11 Å². The van der Waals surface area contributed by atoms with Crippen LogP contribution in [0.1, 0.15) is 36.0 Å². The molecule has 2 N–H and O–H groups in total. The molecule has 7 heteroatoms. The number of esters is 1. The van der Waals surface area contributed by atoms with E-state index in [2.05, 4.69) is 41.7 Å². The first-order valence-corrected chi connectivity index (χ1v) is 12.0. The van der Waals surface area contributed by atoms with E-state index in [4.69, 9.17) is 19.3 Å². The van der Waals surface area contributed by atoms with E-state index in [1.807, 2.05) is 48.5 Å². The summed E-state index contributed by atoms with van der Waals surface area (Å²) in [7, 11) is 1.66. The van der Waals surface area contributed by atoms with Gasteiger partial charge in [-0.15, -0.1) is 0 Å². The van der Waals surface area contributed by atoms with Gasteiger partial charge in [-0.3, -0.25) is 5.32 Å². The Bertz CT molecular complexity index is 1030.